The molecule has 0 N–H and O–H groups in total. The molecule has 0 spiro atoms. The molecule has 1 aromatic carbocycles. The van der Waals surface area contributed by atoms with Gasteiger partial charge >= 0.3 is 0 Å². The van der Waals surface area contributed by atoms with E-state index in [-0.39, 0.29) is 5.91 Å². The number of carbonyl (C=O) groups is 1. The maximum absolute atomic E-state index is 12.6. The predicted octanol–water partition coefficient (Wildman–Crippen LogP) is 2.45. The Labute approximate surface area is 143 Å². The number of fused-ring (bicyclic) bond motifs is 3. The Balaban J connectivity index is 1.51. The molecular weight excluding hydrogens is 312 g/mol. The third kappa shape index (κ3) is 4.46. The van der Waals surface area contributed by atoms with Gasteiger partial charge in [-0.3, -0.25) is 9.69 Å². The number of likely N-dealkylation sites (N-methyl/N-ethyl adjacent to an activating group) is 1. The molecule has 2 heterocycles. The highest BCUT2D eigenvalue weighted by Gasteiger charge is 2.32. The van der Waals surface area contributed by atoms with E-state index < -0.39 is 0 Å². The van der Waals surface area contributed by atoms with Crippen LogP contribution in [0.4, 0.5) is 0 Å². The fraction of sp³-hybridized carbons (Fsp3) is 0.611. The van der Waals surface area contributed by atoms with Gasteiger partial charge in [-0.1, -0.05) is 23.7 Å². The molecule has 2 aliphatic rings. The summed E-state index contributed by atoms with van der Waals surface area (Å²) in [5.74, 6) is 0.721. The van der Waals surface area contributed by atoms with Crippen molar-refractivity contribution in [2.24, 2.45) is 5.92 Å². The monoisotopic (exact) mass is 336 g/mol. The van der Waals surface area contributed by atoms with Gasteiger partial charge < -0.3 is 9.64 Å². The van der Waals surface area contributed by atoms with Crippen LogP contribution in [0, 0.1) is 5.92 Å². The van der Waals surface area contributed by atoms with Gasteiger partial charge in [-0.15, -0.1) is 0 Å². The minimum atomic E-state index is 0.283. The Hall–Kier alpha value is -1.10. The molecular formula is C18H25ClN2O2. The number of hydrogen-bond donors (Lipinski definition) is 0. The highest BCUT2D eigenvalue weighted by molar-refractivity contribution is 6.30. The Morgan fingerprint density at radius 1 is 1.22 bits per heavy atom. The summed E-state index contributed by atoms with van der Waals surface area (Å²) in [4.78, 5) is 17.0. The zero-order valence-electron chi connectivity index (χ0n) is 13.7. The second-order valence-electron chi connectivity index (χ2n) is 6.78. The first-order valence-corrected chi connectivity index (χ1v) is 8.80. The molecule has 0 saturated carbocycles. The summed E-state index contributed by atoms with van der Waals surface area (Å²) >= 11 is 5.90. The number of hydrogen-bond acceptors (Lipinski definition) is 3. The number of amides is 1. The van der Waals surface area contributed by atoms with Gasteiger partial charge in [0.2, 0.25) is 5.91 Å². The fourth-order valence-corrected chi connectivity index (χ4v) is 3.63. The van der Waals surface area contributed by atoms with E-state index in [4.69, 9.17) is 16.3 Å². The van der Waals surface area contributed by atoms with Crippen molar-refractivity contribution in [3.05, 3.63) is 34.9 Å². The summed E-state index contributed by atoms with van der Waals surface area (Å²) in [7, 11) is 2.14. The number of nitrogens with zero attached hydrogens (tertiary/aromatic N) is 2. The lowest BCUT2D eigenvalue weighted by Crippen LogP contribution is -2.44. The molecule has 3 rings (SSSR count). The number of ether oxygens (including phenoxy) is 1. The maximum Gasteiger partial charge on any atom is 0.222 e. The number of rotatable bonds is 4. The zero-order valence-corrected chi connectivity index (χ0v) is 14.5. The van der Waals surface area contributed by atoms with E-state index in [1.807, 2.05) is 24.3 Å². The van der Waals surface area contributed by atoms with Crippen molar-refractivity contribution in [2.75, 3.05) is 39.9 Å². The lowest BCUT2D eigenvalue weighted by molar-refractivity contribution is -0.133. The van der Waals surface area contributed by atoms with Crippen molar-refractivity contribution >= 4 is 17.5 Å². The number of benzene rings is 1. The molecule has 126 valence electrons. The van der Waals surface area contributed by atoms with E-state index in [9.17, 15) is 4.79 Å². The molecule has 0 radical (unpaired) electrons. The summed E-state index contributed by atoms with van der Waals surface area (Å²) in [6.07, 6.45) is 2.43. The maximum atomic E-state index is 12.6. The topological polar surface area (TPSA) is 32.8 Å². The molecule has 2 aliphatic heterocycles. The fourth-order valence-electron chi connectivity index (χ4n) is 3.51. The molecule has 2 fully saturated rings. The van der Waals surface area contributed by atoms with Crippen LogP contribution < -0.4 is 0 Å². The molecule has 1 amide bonds. The normalized spacial score (nSPS) is 25.2. The van der Waals surface area contributed by atoms with E-state index in [0.717, 1.165) is 50.7 Å². The van der Waals surface area contributed by atoms with Crippen molar-refractivity contribution in [1.82, 2.24) is 9.80 Å². The average Bonchev–Trinajstić information content (AvgIpc) is 2.77. The lowest BCUT2D eigenvalue weighted by atomic mass is 10.1. The molecule has 5 heteroatoms. The van der Waals surface area contributed by atoms with Crippen molar-refractivity contribution in [3.8, 4) is 0 Å². The average molecular weight is 337 g/mol. The van der Waals surface area contributed by atoms with Crippen LogP contribution in [0.25, 0.3) is 0 Å². The van der Waals surface area contributed by atoms with Crippen LogP contribution in [-0.2, 0) is 16.0 Å². The van der Waals surface area contributed by atoms with Crippen LogP contribution in [0.5, 0.6) is 0 Å². The second-order valence-corrected chi connectivity index (χ2v) is 7.21. The smallest absolute Gasteiger partial charge is 0.222 e. The van der Waals surface area contributed by atoms with Gasteiger partial charge in [0.15, 0.2) is 0 Å². The third-order valence-corrected chi connectivity index (χ3v) is 5.12. The quantitative estimate of drug-likeness (QED) is 0.846. The summed E-state index contributed by atoms with van der Waals surface area (Å²) in [5.41, 5.74) is 1.24. The molecule has 2 bridgehead atoms. The number of carbonyl (C=O) groups excluding carboxylic acids is 1. The van der Waals surface area contributed by atoms with Gasteiger partial charge in [0.25, 0.3) is 0 Å². The number of aryl methyl sites for hydroxylation is 1. The largest absolute Gasteiger partial charge is 0.379 e. The van der Waals surface area contributed by atoms with Crippen molar-refractivity contribution < 1.29 is 9.53 Å². The standard InChI is InChI=1S/C18H25ClN2O2/c1-20-9-15-10-21(11-17(20)13-23-12-15)18(22)4-2-3-14-5-7-16(19)8-6-14/h5-8,15,17H,2-4,9-13H2,1H3/t15-,17+/m1/s1. The Bertz CT molecular complexity index is 534. The van der Waals surface area contributed by atoms with Crippen LogP contribution in [0.3, 0.4) is 0 Å². The Morgan fingerprint density at radius 3 is 2.78 bits per heavy atom. The molecule has 1 aromatic rings. The van der Waals surface area contributed by atoms with E-state index in [0.29, 0.717) is 18.4 Å². The highest BCUT2D eigenvalue weighted by Crippen LogP contribution is 2.19. The first-order chi connectivity index (χ1) is 11.1. The van der Waals surface area contributed by atoms with Gasteiger partial charge in [-0.05, 0) is 37.6 Å². The third-order valence-electron chi connectivity index (χ3n) is 4.87. The second kappa shape index (κ2) is 7.65. The van der Waals surface area contributed by atoms with Gasteiger partial charge in [-0.25, -0.2) is 0 Å². The molecule has 2 atom stereocenters. The Kier molecular flexibility index (Phi) is 5.57. The van der Waals surface area contributed by atoms with Gasteiger partial charge in [0.05, 0.1) is 19.3 Å². The van der Waals surface area contributed by atoms with Crippen molar-refractivity contribution in [2.45, 2.75) is 25.3 Å². The molecule has 23 heavy (non-hydrogen) atoms. The Morgan fingerprint density at radius 2 is 2.00 bits per heavy atom. The van der Waals surface area contributed by atoms with E-state index in [2.05, 4.69) is 16.8 Å². The van der Waals surface area contributed by atoms with Crippen LogP contribution in [0.1, 0.15) is 18.4 Å². The summed E-state index contributed by atoms with van der Waals surface area (Å²) in [6.45, 7) is 4.17. The molecule has 0 unspecified atom stereocenters. The minimum absolute atomic E-state index is 0.283. The van der Waals surface area contributed by atoms with E-state index in [1.54, 1.807) is 0 Å². The first-order valence-electron chi connectivity index (χ1n) is 8.42. The first kappa shape index (κ1) is 16.7. The summed E-state index contributed by atoms with van der Waals surface area (Å²) in [5, 5.41) is 0.757. The van der Waals surface area contributed by atoms with E-state index >= 15 is 0 Å². The van der Waals surface area contributed by atoms with Crippen LogP contribution in [0.2, 0.25) is 5.02 Å². The molecule has 0 aromatic heterocycles. The zero-order chi connectivity index (χ0) is 16.2. The minimum Gasteiger partial charge on any atom is -0.379 e. The predicted molar refractivity (Wildman–Crippen MR) is 91.7 cm³/mol. The van der Waals surface area contributed by atoms with Crippen LogP contribution in [0.15, 0.2) is 24.3 Å². The van der Waals surface area contributed by atoms with Crippen molar-refractivity contribution in [1.29, 1.82) is 0 Å². The van der Waals surface area contributed by atoms with Crippen LogP contribution in [-0.4, -0.2) is 61.6 Å². The molecule has 2 saturated heterocycles. The highest BCUT2D eigenvalue weighted by atomic mass is 35.5. The van der Waals surface area contributed by atoms with Gasteiger partial charge in [0, 0.05) is 37.0 Å². The van der Waals surface area contributed by atoms with Crippen LogP contribution >= 0.6 is 11.6 Å². The van der Waals surface area contributed by atoms with E-state index in [1.165, 1.54) is 5.56 Å². The SMILES string of the molecule is CN1C[C@H]2COC[C@@H]1CN(C(=O)CCCc1ccc(Cl)cc1)C2. The van der Waals surface area contributed by atoms with Gasteiger partial charge in [0.1, 0.15) is 0 Å². The summed E-state index contributed by atoms with van der Waals surface area (Å²) < 4.78 is 5.72. The molecule has 4 nitrogen and oxygen atoms in total. The summed E-state index contributed by atoms with van der Waals surface area (Å²) in [6, 6.07) is 8.22. The van der Waals surface area contributed by atoms with Gasteiger partial charge in [-0.2, -0.15) is 0 Å². The number of halogens is 1. The lowest BCUT2D eigenvalue weighted by Gasteiger charge is -2.29. The molecule has 0 aliphatic carbocycles. The van der Waals surface area contributed by atoms with Crippen molar-refractivity contribution in [3.63, 3.8) is 0 Å².